The number of benzene rings is 3. The maximum absolute atomic E-state index is 12.7. The first kappa shape index (κ1) is 22.8. The quantitative estimate of drug-likeness (QED) is 0.152. The van der Waals surface area contributed by atoms with Gasteiger partial charge in [0.1, 0.15) is 12.4 Å². The van der Waals surface area contributed by atoms with E-state index in [4.69, 9.17) is 16.3 Å². The summed E-state index contributed by atoms with van der Waals surface area (Å²) in [5.41, 5.74) is 2.87. The number of ketones is 1. The van der Waals surface area contributed by atoms with Crippen LogP contribution in [0.1, 0.15) is 16.2 Å². The molecule has 0 aliphatic rings. The van der Waals surface area contributed by atoms with Gasteiger partial charge in [0.25, 0.3) is 0 Å². The average Bonchev–Trinajstić information content (AvgIpc) is 3.24. The zero-order valence-corrected chi connectivity index (χ0v) is 19.4. The molecule has 4 rings (SSSR count). The van der Waals surface area contributed by atoms with Gasteiger partial charge in [-0.25, -0.2) is 0 Å². The highest BCUT2D eigenvalue weighted by atomic mass is 35.5. The summed E-state index contributed by atoms with van der Waals surface area (Å²) in [7, 11) is 0. The van der Waals surface area contributed by atoms with Crippen LogP contribution < -0.4 is 4.74 Å². The fourth-order valence-corrected chi connectivity index (χ4v) is 4.20. The fourth-order valence-electron chi connectivity index (χ4n) is 3.22. The Labute approximate surface area is 202 Å². The Kier molecular flexibility index (Phi) is 7.60. The van der Waals surface area contributed by atoms with Gasteiger partial charge in [0.2, 0.25) is 0 Å². The molecule has 0 fully saturated rings. The number of hydrogen-bond donors (Lipinski definition) is 0. The van der Waals surface area contributed by atoms with E-state index in [1.165, 1.54) is 11.8 Å². The van der Waals surface area contributed by atoms with Crippen molar-refractivity contribution >= 4 is 29.1 Å². The number of aromatic nitrogens is 3. The molecule has 0 bridgehead atoms. The molecule has 0 atom stereocenters. The van der Waals surface area contributed by atoms with Crippen molar-refractivity contribution in [2.24, 2.45) is 0 Å². The van der Waals surface area contributed by atoms with Gasteiger partial charge < -0.3 is 4.74 Å². The van der Waals surface area contributed by atoms with Crippen molar-refractivity contribution < 1.29 is 9.53 Å². The van der Waals surface area contributed by atoms with Crippen LogP contribution in [0.2, 0.25) is 5.02 Å². The lowest BCUT2D eigenvalue weighted by atomic mass is 10.0. The molecule has 0 aliphatic heterocycles. The molecule has 1 aromatic heterocycles. The van der Waals surface area contributed by atoms with Crippen LogP contribution in [0.5, 0.6) is 5.75 Å². The molecular formula is C26H22ClN3O2S. The van der Waals surface area contributed by atoms with Crippen molar-refractivity contribution in [3.63, 3.8) is 0 Å². The highest BCUT2D eigenvalue weighted by molar-refractivity contribution is 7.99. The second-order valence-electron chi connectivity index (χ2n) is 7.20. The number of nitrogens with zero attached hydrogens (tertiary/aromatic N) is 3. The molecule has 0 aliphatic carbocycles. The number of carbonyl (C=O) groups excluding carboxylic acids is 1. The Bertz CT molecular complexity index is 1220. The monoisotopic (exact) mass is 475 g/mol. The van der Waals surface area contributed by atoms with E-state index in [0.717, 1.165) is 11.1 Å². The van der Waals surface area contributed by atoms with Crippen LogP contribution in [0.15, 0.2) is 96.7 Å². The van der Waals surface area contributed by atoms with Crippen molar-refractivity contribution in [2.75, 3.05) is 5.75 Å². The molecule has 7 heteroatoms. The van der Waals surface area contributed by atoms with Crippen LogP contribution in [0.25, 0.3) is 11.1 Å². The van der Waals surface area contributed by atoms with Crippen molar-refractivity contribution in [1.82, 2.24) is 14.8 Å². The third kappa shape index (κ3) is 5.92. The van der Waals surface area contributed by atoms with Crippen LogP contribution >= 0.6 is 23.4 Å². The van der Waals surface area contributed by atoms with E-state index < -0.39 is 0 Å². The number of allylic oxidation sites excluding steroid dienone is 1. The van der Waals surface area contributed by atoms with Gasteiger partial charge >= 0.3 is 0 Å². The molecule has 0 spiro atoms. The van der Waals surface area contributed by atoms with E-state index in [1.807, 2.05) is 59.2 Å². The molecule has 0 N–H and O–H groups in total. The Hall–Kier alpha value is -3.35. The predicted octanol–water partition coefficient (Wildman–Crippen LogP) is 6.34. The average molecular weight is 476 g/mol. The largest absolute Gasteiger partial charge is 0.486 e. The van der Waals surface area contributed by atoms with E-state index in [-0.39, 0.29) is 18.1 Å². The Morgan fingerprint density at radius 2 is 1.67 bits per heavy atom. The standard InChI is InChI=1S/C26H22ClN3O2S/c1-2-16-30-25(17-32-23-14-12-22(27)13-15-23)28-29-26(30)33-18-24(31)21-10-8-20(9-11-21)19-6-4-3-5-7-19/h2-15H,1,16-18H2. The molecule has 4 aromatic rings. The Morgan fingerprint density at radius 1 is 0.970 bits per heavy atom. The first-order chi connectivity index (χ1) is 16.1. The summed E-state index contributed by atoms with van der Waals surface area (Å²) in [5, 5.41) is 9.80. The van der Waals surface area contributed by atoms with E-state index in [9.17, 15) is 4.79 Å². The first-order valence-electron chi connectivity index (χ1n) is 10.4. The number of ether oxygens (including phenoxy) is 1. The second kappa shape index (κ2) is 11.0. The molecule has 1 heterocycles. The van der Waals surface area contributed by atoms with Gasteiger partial charge in [0.05, 0.1) is 5.75 Å². The lowest BCUT2D eigenvalue weighted by Gasteiger charge is -2.09. The third-order valence-electron chi connectivity index (χ3n) is 4.93. The molecule has 0 saturated carbocycles. The van der Waals surface area contributed by atoms with Gasteiger partial charge in [-0.15, -0.1) is 16.8 Å². The maximum atomic E-state index is 12.7. The van der Waals surface area contributed by atoms with Gasteiger partial charge in [-0.3, -0.25) is 9.36 Å². The number of hydrogen-bond acceptors (Lipinski definition) is 5. The van der Waals surface area contributed by atoms with Crippen molar-refractivity contribution in [3.05, 3.63) is 108 Å². The molecule has 166 valence electrons. The minimum absolute atomic E-state index is 0.0340. The Morgan fingerprint density at radius 3 is 2.36 bits per heavy atom. The summed E-state index contributed by atoms with van der Waals surface area (Å²) >= 11 is 7.27. The SMILES string of the molecule is C=CCn1c(COc2ccc(Cl)cc2)nnc1SCC(=O)c1ccc(-c2ccccc2)cc1. The van der Waals surface area contributed by atoms with Gasteiger partial charge in [0.15, 0.2) is 16.8 Å². The first-order valence-corrected chi connectivity index (χ1v) is 11.7. The number of halogens is 1. The number of rotatable bonds is 10. The van der Waals surface area contributed by atoms with Crippen LogP contribution in [0.3, 0.4) is 0 Å². The third-order valence-corrected chi connectivity index (χ3v) is 6.15. The van der Waals surface area contributed by atoms with Crippen molar-refractivity contribution in [3.8, 4) is 16.9 Å². The minimum Gasteiger partial charge on any atom is -0.486 e. The maximum Gasteiger partial charge on any atom is 0.192 e. The van der Waals surface area contributed by atoms with E-state index in [1.54, 1.807) is 30.3 Å². The van der Waals surface area contributed by atoms with Crippen LogP contribution in [0.4, 0.5) is 0 Å². The van der Waals surface area contributed by atoms with Crippen LogP contribution in [0, 0.1) is 0 Å². The van der Waals surface area contributed by atoms with Crippen LogP contribution in [-0.2, 0) is 13.2 Å². The summed E-state index contributed by atoms with van der Waals surface area (Å²) in [6, 6.07) is 24.9. The smallest absolute Gasteiger partial charge is 0.192 e. The van der Waals surface area contributed by atoms with Crippen molar-refractivity contribution in [2.45, 2.75) is 18.3 Å². The second-order valence-corrected chi connectivity index (χ2v) is 8.57. The summed E-state index contributed by atoms with van der Waals surface area (Å²) in [6.45, 7) is 4.58. The summed E-state index contributed by atoms with van der Waals surface area (Å²) < 4.78 is 7.70. The number of Topliss-reactive ketones (excluding diaryl/α,β-unsaturated/α-hetero) is 1. The zero-order valence-electron chi connectivity index (χ0n) is 17.9. The normalized spacial score (nSPS) is 10.7. The van der Waals surface area contributed by atoms with Crippen molar-refractivity contribution in [1.29, 1.82) is 0 Å². The predicted molar refractivity (Wildman–Crippen MR) is 133 cm³/mol. The molecule has 33 heavy (non-hydrogen) atoms. The topological polar surface area (TPSA) is 57.0 Å². The Balaban J connectivity index is 1.39. The molecule has 0 saturated heterocycles. The molecule has 3 aromatic carbocycles. The van der Waals surface area contributed by atoms with Crippen LogP contribution in [-0.4, -0.2) is 26.3 Å². The van der Waals surface area contributed by atoms with E-state index >= 15 is 0 Å². The fraction of sp³-hybridized carbons (Fsp3) is 0.115. The molecule has 0 radical (unpaired) electrons. The van der Waals surface area contributed by atoms with E-state index in [2.05, 4.69) is 16.8 Å². The summed E-state index contributed by atoms with van der Waals surface area (Å²) in [6.07, 6.45) is 1.77. The van der Waals surface area contributed by atoms with E-state index in [0.29, 0.717) is 33.9 Å². The van der Waals surface area contributed by atoms with Gasteiger partial charge in [0, 0.05) is 17.1 Å². The minimum atomic E-state index is 0.0340. The van der Waals surface area contributed by atoms with Gasteiger partial charge in [-0.1, -0.05) is 84.0 Å². The lowest BCUT2D eigenvalue weighted by molar-refractivity contribution is 0.102. The zero-order chi connectivity index (χ0) is 23.0. The summed E-state index contributed by atoms with van der Waals surface area (Å²) in [4.78, 5) is 12.7. The molecule has 0 amide bonds. The molecule has 5 nitrogen and oxygen atoms in total. The summed E-state index contributed by atoms with van der Waals surface area (Å²) in [5.74, 6) is 1.65. The van der Waals surface area contributed by atoms with Gasteiger partial charge in [-0.05, 0) is 35.4 Å². The van der Waals surface area contributed by atoms with Gasteiger partial charge in [-0.2, -0.15) is 0 Å². The number of carbonyl (C=O) groups is 1. The highest BCUT2D eigenvalue weighted by Gasteiger charge is 2.15. The molecule has 0 unspecified atom stereocenters. The number of thioether (sulfide) groups is 1. The highest BCUT2D eigenvalue weighted by Crippen LogP contribution is 2.23. The molecular weight excluding hydrogens is 454 g/mol. The lowest BCUT2D eigenvalue weighted by Crippen LogP contribution is -2.09.